The number of rotatable bonds is 4. The summed E-state index contributed by atoms with van der Waals surface area (Å²) in [4.78, 5) is 2.79. The van der Waals surface area contributed by atoms with Crippen LogP contribution in [0.25, 0.3) is 0 Å². The molecule has 0 saturated carbocycles. The van der Waals surface area contributed by atoms with E-state index in [-0.39, 0.29) is 0 Å². The fourth-order valence-corrected chi connectivity index (χ4v) is 3.30. The molecule has 0 saturated heterocycles. The van der Waals surface area contributed by atoms with E-state index in [0.29, 0.717) is 6.04 Å². The maximum absolute atomic E-state index is 4.23. The van der Waals surface area contributed by atoms with Gasteiger partial charge in [-0.05, 0) is 46.2 Å². The molecule has 0 aliphatic carbocycles. The van der Waals surface area contributed by atoms with Crippen LogP contribution in [0.15, 0.2) is 6.07 Å². The van der Waals surface area contributed by atoms with Gasteiger partial charge < -0.3 is 5.32 Å². The van der Waals surface area contributed by atoms with Crippen LogP contribution in [0.2, 0.25) is 0 Å². The van der Waals surface area contributed by atoms with Gasteiger partial charge in [0.15, 0.2) is 0 Å². The summed E-state index contributed by atoms with van der Waals surface area (Å²) in [5, 5.41) is 10.8. The Balaban J connectivity index is 2.05. The third-order valence-electron chi connectivity index (χ3n) is 3.41. The second-order valence-corrected chi connectivity index (χ2v) is 6.34. The maximum Gasteiger partial charge on any atom is 0.0638 e. The predicted octanol–water partition coefficient (Wildman–Crippen LogP) is 3.56. The van der Waals surface area contributed by atoms with Gasteiger partial charge in [-0.3, -0.25) is 5.10 Å². The second kappa shape index (κ2) is 5.24. The van der Waals surface area contributed by atoms with Gasteiger partial charge in [0.05, 0.1) is 5.69 Å². The Hall–Kier alpha value is -1.13. The topological polar surface area (TPSA) is 40.7 Å². The first-order chi connectivity index (χ1) is 8.49. The summed E-state index contributed by atoms with van der Waals surface area (Å²) in [6.07, 6.45) is 0. The van der Waals surface area contributed by atoms with Crippen LogP contribution in [0.4, 0.5) is 0 Å². The lowest BCUT2D eigenvalue weighted by molar-refractivity contribution is 0.571. The molecule has 2 N–H and O–H groups in total. The van der Waals surface area contributed by atoms with Gasteiger partial charge in [0.25, 0.3) is 0 Å². The van der Waals surface area contributed by atoms with E-state index in [1.165, 1.54) is 20.9 Å². The predicted molar refractivity (Wildman–Crippen MR) is 77.1 cm³/mol. The van der Waals surface area contributed by atoms with Crippen molar-refractivity contribution in [2.24, 2.45) is 0 Å². The third-order valence-corrected chi connectivity index (χ3v) is 4.39. The Morgan fingerprint density at radius 2 is 2.06 bits per heavy atom. The molecule has 0 radical (unpaired) electrons. The van der Waals surface area contributed by atoms with Crippen LogP contribution in [0.1, 0.15) is 45.2 Å². The Bertz CT molecular complexity index is 520. The largest absolute Gasteiger partial charge is 0.306 e. The first-order valence-corrected chi connectivity index (χ1v) is 7.11. The summed E-state index contributed by atoms with van der Waals surface area (Å²) in [5.41, 5.74) is 4.94. The van der Waals surface area contributed by atoms with Crippen molar-refractivity contribution in [1.82, 2.24) is 15.5 Å². The molecule has 0 aliphatic rings. The number of nitrogens with zero attached hydrogens (tertiary/aromatic N) is 1. The Morgan fingerprint density at radius 1 is 1.33 bits per heavy atom. The van der Waals surface area contributed by atoms with E-state index in [2.05, 4.69) is 49.3 Å². The standard InChI is InChI=1S/C14H21N3S/c1-8-6-13(12(5)18-8)9(2)15-7-14-10(3)16-17-11(14)4/h6,9,15H,7H2,1-5H3,(H,16,17). The molecule has 1 atom stereocenters. The molecule has 2 aromatic rings. The smallest absolute Gasteiger partial charge is 0.0638 e. The molecule has 1 unspecified atom stereocenters. The van der Waals surface area contributed by atoms with Crippen molar-refractivity contribution in [1.29, 1.82) is 0 Å². The highest BCUT2D eigenvalue weighted by molar-refractivity contribution is 7.12. The van der Waals surface area contributed by atoms with E-state index in [0.717, 1.165) is 17.9 Å². The van der Waals surface area contributed by atoms with E-state index in [1.54, 1.807) is 0 Å². The van der Waals surface area contributed by atoms with E-state index in [9.17, 15) is 0 Å². The number of aromatic amines is 1. The summed E-state index contributed by atoms with van der Waals surface area (Å²) in [6.45, 7) is 11.6. The highest BCUT2D eigenvalue weighted by Crippen LogP contribution is 2.26. The fourth-order valence-electron chi connectivity index (χ4n) is 2.28. The zero-order valence-corrected chi connectivity index (χ0v) is 12.5. The summed E-state index contributed by atoms with van der Waals surface area (Å²) < 4.78 is 0. The van der Waals surface area contributed by atoms with Crippen LogP contribution < -0.4 is 5.32 Å². The average Bonchev–Trinajstić information content (AvgIpc) is 2.80. The zero-order valence-electron chi connectivity index (χ0n) is 11.7. The van der Waals surface area contributed by atoms with Crippen molar-refractivity contribution in [2.75, 3.05) is 0 Å². The molecule has 98 valence electrons. The minimum atomic E-state index is 0.378. The molecule has 3 nitrogen and oxygen atoms in total. The molecule has 2 rings (SSSR count). The molecule has 0 fully saturated rings. The summed E-state index contributed by atoms with van der Waals surface area (Å²) in [5.74, 6) is 0. The van der Waals surface area contributed by atoms with Gasteiger partial charge in [0.2, 0.25) is 0 Å². The number of hydrogen-bond donors (Lipinski definition) is 2. The van der Waals surface area contributed by atoms with Crippen molar-refractivity contribution in [2.45, 2.75) is 47.2 Å². The molecule has 0 bridgehead atoms. The lowest BCUT2D eigenvalue weighted by Crippen LogP contribution is -2.18. The fraction of sp³-hybridized carbons (Fsp3) is 0.500. The molecule has 0 spiro atoms. The minimum absolute atomic E-state index is 0.378. The Labute approximate surface area is 113 Å². The molecule has 2 aromatic heterocycles. The van der Waals surface area contributed by atoms with Gasteiger partial charge in [-0.15, -0.1) is 11.3 Å². The highest BCUT2D eigenvalue weighted by atomic mass is 32.1. The number of aromatic nitrogens is 2. The van der Waals surface area contributed by atoms with Crippen molar-refractivity contribution >= 4 is 11.3 Å². The van der Waals surface area contributed by atoms with Crippen LogP contribution in [-0.4, -0.2) is 10.2 Å². The number of aryl methyl sites for hydroxylation is 4. The molecule has 2 heterocycles. The number of thiophene rings is 1. The summed E-state index contributed by atoms with van der Waals surface area (Å²) in [7, 11) is 0. The van der Waals surface area contributed by atoms with Crippen LogP contribution in [0, 0.1) is 27.7 Å². The second-order valence-electron chi connectivity index (χ2n) is 4.88. The van der Waals surface area contributed by atoms with E-state index in [1.807, 2.05) is 18.3 Å². The van der Waals surface area contributed by atoms with Gasteiger partial charge >= 0.3 is 0 Å². The van der Waals surface area contributed by atoms with Crippen LogP contribution in [-0.2, 0) is 6.54 Å². The lowest BCUT2D eigenvalue weighted by Gasteiger charge is -2.14. The van der Waals surface area contributed by atoms with Gasteiger partial charge in [-0.25, -0.2) is 0 Å². The molecule has 18 heavy (non-hydrogen) atoms. The van der Waals surface area contributed by atoms with Crippen LogP contribution in [0.5, 0.6) is 0 Å². The van der Waals surface area contributed by atoms with Crippen LogP contribution in [0.3, 0.4) is 0 Å². The maximum atomic E-state index is 4.23. The lowest BCUT2D eigenvalue weighted by atomic mass is 10.1. The Morgan fingerprint density at radius 3 is 2.56 bits per heavy atom. The highest BCUT2D eigenvalue weighted by Gasteiger charge is 2.12. The van der Waals surface area contributed by atoms with Gasteiger partial charge in [-0.2, -0.15) is 5.10 Å². The normalized spacial score (nSPS) is 12.9. The summed E-state index contributed by atoms with van der Waals surface area (Å²) >= 11 is 1.87. The first kappa shape index (κ1) is 13.3. The minimum Gasteiger partial charge on any atom is -0.306 e. The van der Waals surface area contributed by atoms with E-state index < -0.39 is 0 Å². The van der Waals surface area contributed by atoms with Gasteiger partial charge in [-0.1, -0.05) is 0 Å². The molecule has 0 aliphatic heterocycles. The zero-order chi connectivity index (χ0) is 13.3. The summed E-state index contributed by atoms with van der Waals surface area (Å²) in [6, 6.07) is 2.66. The first-order valence-electron chi connectivity index (χ1n) is 6.29. The molecular formula is C14H21N3S. The van der Waals surface area contributed by atoms with Crippen molar-refractivity contribution in [3.63, 3.8) is 0 Å². The van der Waals surface area contributed by atoms with Gasteiger partial charge in [0, 0.05) is 33.6 Å². The van der Waals surface area contributed by atoms with Gasteiger partial charge in [0.1, 0.15) is 0 Å². The quantitative estimate of drug-likeness (QED) is 0.885. The van der Waals surface area contributed by atoms with Crippen molar-refractivity contribution < 1.29 is 0 Å². The Kier molecular flexibility index (Phi) is 3.88. The monoisotopic (exact) mass is 263 g/mol. The number of H-pyrrole nitrogens is 1. The van der Waals surface area contributed by atoms with Crippen molar-refractivity contribution in [3.8, 4) is 0 Å². The van der Waals surface area contributed by atoms with Crippen LogP contribution >= 0.6 is 11.3 Å². The number of hydrogen-bond acceptors (Lipinski definition) is 3. The van der Waals surface area contributed by atoms with E-state index >= 15 is 0 Å². The third kappa shape index (κ3) is 2.65. The average molecular weight is 263 g/mol. The van der Waals surface area contributed by atoms with Crippen molar-refractivity contribution in [3.05, 3.63) is 38.3 Å². The molecule has 0 amide bonds. The van der Waals surface area contributed by atoms with E-state index in [4.69, 9.17) is 0 Å². The molecule has 4 heteroatoms. The molecular weight excluding hydrogens is 242 g/mol. The molecule has 0 aromatic carbocycles. The number of nitrogens with one attached hydrogen (secondary N) is 2. The SMILES string of the molecule is Cc1cc(C(C)NCc2c(C)n[nH]c2C)c(C)s1.